The molecule has 2 aliphatic heterocycles. The Bertz CT molecular complexity index is 952. The van der Waals surface area contributed by atoms with Gasteiger partial charge in [-0.3, -0.25) is 4.79 Å². The molecule has 0 saturated carbocycles. The van der Waals surface area contributed by atoms with Gasteiger partial charge in [0, 0.05) is 13.1 Å². The first kappa shape index (κ1) is 27.0. The monoisotopic (exact) mass is 471 g/mol. The number of carbonyl (C=O) groups excluding carboxylic acids is 5. The standard InChI is InChI=1S/C26H33NO7/c1-4-7-10-12-18-20(25(31)33-23(18)29)14-16-27(15-9-6-3)22(28)17-21-19(13-11-8-5-2)24(30)34-26(21)32/h10-13H,4-9,14-17H2,1-3H3/b12-10+,13-11+. The van der Waals surface area contributed by atoms with Gasteiger partial charge in [-0.15, -0.1) is 0 Å². The maximum atomic E-state index is 13.1. The number of amides is 1. The van der Waals surface area contributed by atoms with E-state index >= 15 is 0 Å². The molecule has 1 amide bonds. The van der Waals surface area contributed by atoms with Crippen LogP contribution in [0.15, 0.2) is 46.6 Å². The van der Waals surface area contributed by atoms with Gasteiger partial charge in [0.25, 0.3) is 0 Å². The first-order valence-electron chi connectivity index (χ1n) is 11.9. The number of allylic oxidation sites excluding steroid dienone is 2. The molecule has 0 saturated heterocycles. The lowest BCUT2D eigenvalue weighted by molar-refractivity contribution is -0.152. The van der Waals surface area contributed by atoms with Gasteiger partial charge in [0.2, 0.25) is 5.91 Å². The van der Waals surface area contributed by atoms with Gasteiger partial charge in [0.05, 0.1) is 28.7 Å². The van der Waals surface area contributed by atoms with Crippen LogP contribution in [0.5, 0.6) is 0 Å². The van der Waals surface area contributed by atoms with Crippen LogP contribution >= 0.6 is 0 Å². The highest BCUT2D eigenvalue weighted by Crippen LogP contribution is 2.25. The molecular weight excluding hydrogens is 438 g/mol. The van der Waals surface area contributed by atoms with Crippen molar-refractivity contribution in [1.82, 2.24) is 4.90 Å². The second kappa shape index (κ2) is 13.4. The number of ether oxygens (including phenoxy) is 2. The summed E-state index contributed by atoms with van der Waals surface area (Å²) in [6.07, 6.45) is 11.4. The Morgan fingerprint density at radius 3 is 1.79 bits per heavy atom. The maximum Gasteiger partial charge on any atom is 0.346 e. The van der Waals surface area contributed by atoms with Crippen molar-refractivity contribution in [3.63, 3.8) is 0 Å². The molecular formula is C26H33NO7. The molecule has 2 rings (SSSR count). The normalized spacial score (nSPS) is 16.4. The Kier molecular flexibility index (Phi) is 10.6. The highest BCUT2D eigenvalue weighted by Gasteiger charge is 2.35. The molecule has 2 heterocycles. The summed E-state index contributed by atoms with van der Waals surface area (Å²) < 4.78 is 9.48. The van der Waals surface area contributed by atoms with E-state index in [0.717, 1.165) is 38.5 Å². The highest BCUT2D eigenvalue weighted by atomic mass is 16.6. The van der Waals surface area contributed by atoms with E-state index in [-0.39, 0.29) is 47.6 Å². The molecule has 0 aromatic carbocycles. The first-order chi connectivity index (χ1) is 16.3. The quantitative estimate of drug-likeness (QED) is 0.280. The summed E-state index contributed by atoms with van der Waals surface area (Å²) in [4.78, 5) is 63.2. The van der Waals surface area contributed by atoms with E-state index in [2.05, 4.69) is 0 Å². The molecule has 0 fully saturated rings. The van der Waals surface area contributed by atoms with Gasteiger partial charge in [-0.2, -0.15) is 0 Å². The predicted molar refractivity (Wildman–Crippen MR) is 125 cm³/mol. The fraction of sp³-hybridized carbons (Fsp3) is 0.500. The van der Waals surface area contributed by atoms with Crippen molar-refractivity contribution >= 4 is 29.8 Å². The van der Waals surface area contributed by atoms with Gasteiger partial charge in [-0.1, -0.05) is 64.3 Å². The van der Waals surface area contributed by atoms with Crippen molar-refractivity contribution in [1.29, 1.82) is 0 Å². The fourth-order valence-electron chi connectivity index (χ4n) is 3.56. The lowest BCUT2D eigenvalue weighted by Crippen LogP contribution is -2.34. The Balaban J connectivity index is 2.20. The minimum atomic E-state index is -0.805. The number of carbonyl (C=O) groups is 5. The summed E-state index contributed by atoms with van der Waals surface area (Å²) in [7, 11) is 0. The van der Waals surface area contributed by atoms with Crippen LogP contribution in [0.25, 0.3) is 0 Å². The Labute approximate surface area is 200 Å². The van der Waals surface area contributed by atoms with Gasteiger partial charge in [0.1, 0.15) is 0 Å². The molecule has 0 aromatic rings. The number of nitrogens with zero attached hydrogens (tertiary/aromatic N) is 1. The molecule has 184 valence electrons. The topological polar surface area (TPSA) is 107 Å². The number of unbranched alkanes of at least 4 members (excludes halogenated alkanes) is 3. The van der Waals surface area contributed by atoms with Crippen molar-refractivity contribution < 1.29 is 33.4 Å². The predicted octanol–water partition coefficient (Wildman–Crippen LogP) is 3.87. The molecule has 0 atom stereocenters. The summed E-state index contributed by atoms with van der Waals surface area (Å²) in [5.74, 6) is -3.28. The second-order valence-electron chi connectivity index (χ2n) is 8.18. The zero-order chi connectivity index (χ0) is 25.1. The molecule has 34 heavy (non-hydrogen) atoms. The summed E-state index contributed by atoms with van der Waals surface area (Å²) in [5.41, 5.74) is 0.613. The van der Waals surface area contributed by atoms with Crippen molar-refractivity contribution in [2.45, 2.75) is 72.1 Å². The summed E-state index contributed by atoms with van der Waals surface area (Å²) >= 11 is 0. The molecule has 0 radical (unpaired) electrons. The second-order valence-corrected chi connectivity index (χ2v) is 8.18. The van der Waals surface area contributed by atoms with Crippen LogP contribution in [0.3, 0.4) is 0 Å². The van der Waals surface area contributed by atoms with Crippen molar-refractivity contribution in [3.05, 3.63) is 46.6 Å². The van der Waals surface area contributed by atoms with Gasteiger partial charge in [-0.05, 0) is 25.7 Å². The van der Waals surface area contributed by atoms with Crippen molar-refractivity contribution in [2.75, 3.05) is 13.1 Å². The zero-order valence-corrected chi connectivity index (χ0v) is 20.2. The molecule has 0 unspecified atom stereocenters. The van der Waals surface area contributed by atoms with Crippen LogP contribution in [0.1, 0.15) is 72.1 Å². The molecule has 8 heteroatoms. The minimum absolute atomic E-state index is 0.0432. The summed E-state index contributed by atoms with van der Waals surface area (Å²) in [6, 6.07) is 0. The maximum absolute atomic E-state index is 13.1. The smallest absolute Gasteiger partial charge is 0.346 e. The number of hydrogen-bond acceptors (Lipinski definition) is 7. The van der Waals surface area contributed by atoms with E-state index < -0.39 is 23.9 Å². The minimum Gasteiger partial charge on any atom is -0.386 e. The largest absolute Gasteiger partial charge is 0.386 e. The lowest BCUT2D eigenvalue weighted by Gasteiger charge is -2.22. The van der Waals surface area contributed by atoms with Crippen LogP contribution in [-0.2, 0) is 33.4 Å². The van der Waals surface area contributed by atoms with Gasteiger partial charge < -0.3 is 14.4 Å². The van der Waals surface area contributed by atoms with Gasteiger partial charge in [0.15, 0.2) is 0 Å². The highest BCUT2D eigenvalue weighted by molar-refractivity contribution is 6.16. The van der Waals surface area contributed by atoms with E-state index in [1.54, 1.807) is 17.1 Å². The number of rotatable bonds is 14. The van der Waals surface area contributed by atoms with E-state index in [1.807, 2.05) is 26.8 Å². The van der Waals surface area contributed by atoms with Gasteiger partial charge in [-0.25, -0.2) is 19.2 Å². The third-order valence-electron chi connectivity index (χ3n) is 5.53. The molecule has 0 aliphatic carbocycles. The molecule has 0 spiro atoms. The molecule has 0 N–H and O–H groups in total. The number of esters is 4. The van der Waals surface area contributed by atoms with Crippen LogP contribution in [0.2, 0.25) is 0 Å². The van der Waals surface area contributed by atoms with E-state index in [0.29, 0.717) is 6.54 Å². The fourth-order valence-corrected chi connectivity index (χ4v) is 3.56. The van der Waals surface area contributed by atoms with E-state index in [9.17, 15) is 24.0 Å². The van der Waals surface area contributed by atoms with Crippen LogP contribution in [-0.4, -0.2) is 47.8 Å². The van der Waals surface area contributed by atoms with E-state index in [1.165, 1.54) is 6.08 Å². The first-order valence-corrected chi connectivity index (χ1v) is 11.9. The molecule has 0 bridgehead atoms. The molecule has 2 aliphatic rings. The van der Waals surface area contributed by atoms with Crippen LogP contribution in [0, 0.1) is 0 Å². The lowest BCUT2D eigenvalue weighted by atomic mass is 10.0. The Morgan fingerprint density at radius 2 is 1.26 bits per heavy atom. The van der Waals surface area contributed by atoms with Crippen molar-refractivity contribution in [3.8, 4) is 0 Å². The summed E-state index contributed by atoms with van der Waals surface area (Å²) in [6.45, 7) is 6.58. The van der Waals surface area contributed by atoms with Gasteiger partial charge >= 0.3 is 23.9 Å². The molecule has 0 aromatic heterocycles. The number of hydrogen-bond donors (Lipinski definition) is 0. The van der Waals surface area contributed by atoms with Crippen LogP contribution in [0.4, 0.5) is 0 Å². The van der Waals surface area contributed by atoms with Crippen LogP contribution < -0.4 is 0 Å². The average Bonchev–Trinajstić information content (AvgIpc) is 3.22. The Hall–Kier alpha value is -3.29. The zero-order valence-electron chi connectivity index (χ0n) is 20.2. The van der Waals surface area contributed by atoms with Crippen molar-refractivity contribution in [2.24, 2.45) is 0 Å². The SMILES string of the molecule is CCC/C=C/C1=C(CCN(CCCC)C(=O)CC2=C(/C=C/CCC)C(=O)OC2=O)C(=O)OC1=O. The number of cyclic esters (lactones) is 4. The molecule has 8 nitrogen and oxygen atoms in total. The third-order valence-corrected chi connectivity index (χ3v) is 5.53. The Morgan fingerprint density at radius 1 is 0.735 bits per heavy atom. The average molecular weight is 472 g/mol. The van der Waals surface area contributed by atoms with E-state index in [4.69, 9.17) is 9.47 Å². The summed E-state index contributed by atoms with van der Waals surface area (Å²) in [5, 5.41) is 0. The third kappa shape index (κ3) is 7.10.